The van der Waals surface area contributed by atoms with Crippen molar-refractivity contribution in [2.24, 2.45) is 0 Å². The van der Waals surface area contributed by atoms with Crippen LogP contribution in [0.2, 0.25) is 0 Å². The highest BCUT2D eigenvalue weighted by Gasteiger charge is 2.07. The maximum atomic E-state index is 2.28. The van der Waals surface area contributed by atoms with Gasteiger partial charge in [0.2, 0.25) is 0 Å². The van der Waals surface area contributed by atoms with Gasteiger partial charge < -0.3 is 0 Å². The maximum absolute atomic E-state index is 2.28. The Hall–Kier alpha value is -2.86. The Labute approximate surface area is 151 Å². The number of rotatable bonds is 4. The lowest BCUT2D eigenvalue weighted by molar-refractivity contribution is 1.46. The average molecular weight is 324 g/mol. The zero-order valence-corrected chi connectivity index (χ0v) is 15.2. The van der Waals surface area contributed by atoms with Crippen LogP contribution in [0.5, 0.6) is 0 Å². The molecule has 0 heteroatoms. The topological polar surface area (TPSA) is 0 Å². The van der Waals surface area contributed by atoms with E-state index in [1.165, 1.54) is 39.0 Å². The number of aryl methyl sites for hydroxylation is 1. The first kappa shape index (κ1) is 17.0. The molecular weight excluding hydrogens is 300 g/mol. The van der Waals surface area contributed by atoms with Gasteiger partial charge in [0.15, 0.2) is 0 Å². The van der Waals surface area contributed by atoms with Crippen molar-refractivity contribution in [3.05, 3.63) is 102 Å². The predicted octanol–water partition coefficient (Wildman–Crippen LogP) is 7.31. The summed E-state index contributed by atoms with van der Waals surface area (Å²) in [5.74, 6) is 0. The average Bonchev–Trinajstić information content (AvgIpc) is 2.67. The summed E-state index contributed by atoms with van der Waals surface area (Å²) in [5, 5.41) is 0. The van der Waals surface area contributed by atoms with Crippen molar-refractivity contribution >= 4 is 5.57 Å². The van der Waals surface area contributed by atoms with Crippen LogP contribution in [0.4, 0.5) is 0 Å². The zero-order valence-electron chi connectivity index (χ0n) is 15.2. The number of hydrogen-bond donors (Lipinski definition) is 0. The zero-order chi connectivity index (χ0) is 17.6. The third-order valence-corrected chi connectivity index (χ3v) is 4.42. The second kappa shape index (κ2) is 7.81. The van der Waals surface area contributed by atoms with E-state index >= 15 is 0 Å². The Morgan fingerprint density at radius 1 is 0.680 bits per heavy atom. The van der Waals surface area contributed by atoms with E-state index in [2.05, 4.69) is 112 Å². The molecule has 0 unspecified atom stereocenters. The second-order valence-electron chi connectivity index (χ2n) is 6.28. The molecule has 0 aliphatic heterocycles. The van der Waals surface area contributed by atoms with Crippen LogP contribution in [0, 0.1) is 6.92 Å². The van der Waals surface area contributed by atoms with Crippen LogP contribution in [0.3, 0.4) is 0 Å². The molecule has 0 aromatic heterocycles. The van der Waals surface area contributed by atoms with Gasteiger partial charge in [0, 0.05) is 0 Å². The van der Waals surface area contributed by atoms with Gasteiger partial charge in [-0.2, -0.15) is 0 Å². The fraction of sp³-hybridized carbons (Fsp3) is 0.120. The van der Waals surface area contributed by atoms with Gasteiger partial charge in [0.25, 0.3) is 0 Å². The number of benzene rings is 3. The molecule has 0 saturated heterocycles. The van der Waals surface area contributed by atoms with Gasteiger partial charge in [-0.3, -0.25) is 0 Å². The van der Waals surface area contributed by atoms with E-state index in [-0.39, 0.29) is 0 Å². The van der Waals surface area contributed by atoms with Gasteiger partial charge in [-0.25, -0.2) is 0 Å². The van der Waals surface area contributed by atoms with Gasteiger partial charge in [-0.15, -0.1) is 0 Å². The molecule has 0 aliphatic rings. The van der Waals surface area contributed by atoms with Gasteiger partial charge >= 0.3 is 0 Å². The Morgan fingerprint density at radius 2 is 1.28 bits per heavy atom. The minimum atomic E-state index is 1.24. The Kier molecular flexibility index (Phi) is 5.30. The van der Waals surface area contributed by atoms with Crippen molar-refractivity contribution in [1.82, 2.24) is 0 Å². The molecule has 0 nitrogen and oxygen atoms in total. The molecule has 0 heterocycles. The normalized spacial score (nSPS) is 11.9. The van der Waals surface area contributed by atoms with Crippen LogP contribution >= 0.6 is 0 Å². The largest absolute Gasteiger partial charge is 0.0871 e. The molecule has 0 spiro atoms. The first-order valence-electron chi connectivity index (χ1n) is 8.78. The van der Waals surface area contributed by atoms with Crippen molar-refractivity contribution in [1.29, 1.82) is 0 Å². The summed E-state index contributed by atoms with van der Waals surface area (Å²) >= 11 is 0. The summed E-state index contributed by atoms with van der Waals surface area (Å²) in [4.78, 5) is 0. The monoisotopic (exact) mass is 324 g/mol. The van der Waals surface area contributed by atoms with E-state index in [4.69, 9.17) is 0 Å². The molecular formula is C25H24. The van der Waals surface area contributed by atoms with Gasteiger partial charge in [0.05, 0.1) is 0 Å². The SMILES string of the molecule is C/C=C\C(=C/C)c1cc(-c2ccccc2)cc(-c2ccc(C)cc2)c1. The number of allylic oxidation sites excluding steroid dienone is 4. The molecule has 3 aromatic carbocycles. The smallest absolute Gasteiger partial charge is 0.0172 e. The highest BCUT2D eigenvalue weighted by molar-refractivity contribution is 5.83. The molecule has 0 aliphatic carbocycles. The molecule has 0 saturated carbocycles. The van der Waals surface area contributed by atoms with Crippen molar-refractivity contribution in [2.45, 2.75) is 20.8 Å². The lowest BCUT2D eigenvalue weighted by atomic mass is 9.93. The number of hydrogen-bond acceptors (Lipinski definition) is 0. The summed E-state index contributed by atoms with van der Waals surface area (Å²) in [6, 6.07) is 26.2. The van der Waals surface area contributed by atoms with E-state index in [0.717, 1.165) is 0 Å². The lowest BCUT2D eigenvalue weighted by Crippen LogP contribution is -1.88. The Morgan fingerprint density at radius 3 is 1.84 bits per heavy atom. The molecule has 0 bridgehead atoms. The molecule has 3 aromatic rings. The molecule has 0 amide bonds. The van der Waals surface area contributed by atoms with Crippen molar-refractivity contribution < 1.29 is 0 Å². The van der Waals surface area contributed by atoms with Crippen molar-refractivity contribution in [3.8, 4) is 22.3 Å². The van der Waals surface area contributed by atoms with Gasteiger partial charge in [-0.1, -0.05) is 78.4 Å². The molecule has 0 atom stereocenters. The molecule has 124 valence electrons. The Balaban J connectivity index is 2.19. The first-order chi connectivity index (χ1) is 12.2. The summed E-state index contributed by atoms with van der Waals surface area (Å²) in [7, 11) is 0. The third-order valence-electron chi connectivity index (χ3n) is 4.42. The van der Waals surface area contributed by atoms with E-state index in [0.29, 0.717) is 0 Å². The fourth-order valence-electron chi connectivity index (χ4n) is 3.04. The molecule has 0 radical (unpaired) electrons. The molecule has 3 rings (SSSR count). The van der Waals surface area contributed by atoms with Crippen molar-refractivity contribution in [3.63, 3.8) is 0 Å². The van der Waals surface area contributed by atoms with Gasteiger partial charge in [0.1, 0.15) is 0 Å². The highest BCUT2D eigenvalue weighted by atomic mass is 14.1. The highest BCUT2D eigenvalue weighted by Crippen LogP contribution is 2.31. The molecule has 0 N–H and O–H groups in total. The van der Waals surface area contributed by atoms with Crippen LogP contribution in [-0.2, 0) is 0 Å². The summed E-state index contributed by atoms with van der Waals surface area (Å²) in [6.07, 6.45) is 6.43. The Bertz CT molecular complexity index is 895. The second-order valence-corrected chi connectivity index (χ2v) is 6.28. The van der Waals surface area contributed by atoms with Crippen LogP contribution in [0.25, 0.3) is 27.8 Å². The molecule has 0 fully saturated rings. The maximum Gasteiger partial charge on any atom is -0.0172 e. The predicted molar refractivity (Wildman–Crippen MR) is 111 cm³/mol. The molecule has 25 heavy (non-hydrogen) atoms. The quantitative estimate of drug-likeness (QED) is 0.441. The summed E-state index contributed by atoms with van der Waals surface area (Å²) in [5.41, 5.74) is 8.77. The van der Waals surface area contributed by atoms with E-state index in [9.17, 15) is 0 Å². The van der Waals surface area contributed by atoms with Gasteiger partial charge in [-0.05, 0) is 72.4 Å². The van der Waals surface area contributed by atoms with E-state index in [1.807, 2.05) is 0 Å². The first-order valence-corrected chi connectivity index (χ1v) is 8.78. The van der Waals surface area contributed by atoms with Crippen LogP contribution in [-0.4, -0.2) is 0 Å². The summed E-state index contributed by atoms with van der Waals surface area (Å²) in [6.45, 7) is 6.28. The third kappa shape index (κ3) is 3.97. The summed E-state index contributed by atoms with van der Waals surface area (Å²) < 4.78 is 0. The van der Waals surface area contributed by atoms with E-state index < -0.39 is 0 Å². The minimum Gasteiger partial charge on any atom is -0.0871 e. The van der Waals surface area contributed by atoms with Crippen LogP contribution < -0.4 is 0 Å². The lowest BCUT2D eigenvalue weighted by Gasteiger charge is -2.12. The van der Waals surface area contributed by atoms with Crippen LogP contribution in [0.1, 0.15) is 25.0 Å². The van der Waals surface area contributed by atoms with Crippen molar-refractivity contribution in [2.75, 3.05) is 0 Å². The van der Waals surface area contributed by atoms with E-state index in [1.54, 1.807) is 0 Å². The fourth-order valence-corrected chi connectivity index (χ4v) is 3.04. The minimum absolute atomic E-state index is 1.24. The standard InChI is InChI=1S/C25H24/c1-4-9-20(5-2)23-16-24(21-10-7-6-8-11-21)18-25(17-23)22-14-12-19(3)13-15-22/h4-18H,1-3H3/b9-4-,20-5+. The van der Waals surface area contributed by atoms with Crippen LogP contribution in [0.15, 0.2) is 91.0 Å².